The van der Waals surface area contributed by atoms with Gasteiger partial charge in [0.05, 0.1) is 13.2 Å². The number of hydrogen-bond donors (Lipinski definition) is 2. The fraction of sp³-hybridized carbons (Fsp3) is 0.667. The number of likely N-dealkylation sites (tertiary alicyclic amines) is 1. The first-order chi connectivity index (χ1) is 12.7. The molecule has 3 heterocycles. The number of carbonyl (C=O) groups excluding carboxylic acids is 1. The smallest absolute Gasteiger partial charge is 0.409 e. The van der Waals surface area contributed by atoms with Crippen molar-refractivity contribution in [1.82, 2.24) is 15.1 Å². The average Bonchev–Trinajstić information content (AvgIpc) is 3.10. The Bertz CT molecular complexity index is 625. The molecule has 8 heteroatoms. The lowest BCUT2D eigenvalue weighted by molar-refractivity contribution is 0.0963. The monoisotopic (exact) mass is 379 g/mol. The molecule has 3 N–H and O–H groups in total. The second kappa shape index (κ2) is 9.23. The van der Waals surface area contributed by atoms with Gasteiger partial charge in [-0.1, -0.05) is 0 Å². The summed E-state index contributed by atoms with van der Waals surface area (Å²) < 4.78 is 5.04. The van der Waals surface area contributed by atoms with Gasteiger partial charge < -0.3 is 20.7 Å². The van der Waals surface area contributed by atoms with Crippen LogP contribution in [0.3, 0.4) is 0 Å². The van der Waals surface area contributed by atoms with Gasteiger partial charge in [-0.25, -0.2) is 4.79 Å². The van der Waals surface area contributed by atoms with Crippen molar-refractivity contribution in [3.8, 4) is 0 Å². The maximum Gasteiger partial charge on any atom is 0.409 e. The van der Waals surface area contributed by atoms with Gasteiger partial charge >= 0.3 is 6.09 Å². The molecule has 1 aromatic heterocycles. The van der Waals surface area contributed by atoms with Gasteiger partial charge in [-0.15, -0.1) is 11.3 Å². The highest BCUT2D eigenvalue weighted by atomic mass is 32.1. The molecule has 0 aliphatic carbocycles. The summed E-state index contributed by atoms with van der Waals surface area (Å²) in [6, 6.07) is 2.50. The number of ether oxygens (including phenoxy) is 1. The number of nitrogens with one attached hydrogen (secondary N) is 1. The minimum atomic E-state index is -0.220. The highest BCUT2D eigenvalue weighted by molar-refractivity contribution is 7.10. The Labute approximate surface area is 159 Å². The zero-order chi connectivity index (χ0) is 18.4. The fourth-order valence-electron chi connectivity index (χ4n) is 3.49. The molecule has 0 bridgehead atoms. The van der Waals surface area contributed by atoms with E-state index in [1.807, 2.05) is 18.3 Å². The molecule has 1 aromatic rings. The first-order valence-electron chi connectivity index (χ1n) is 9.41. The molecule has 26 heavy (non-hydrogen) atoms. The van der Waals surface area contributed by atoms with Crippen molar-refractivity contribution in [2.24, 2.45) is 10.7 Å². The quantitative estimate of drug-likeness (QED) is 0.600. The predicted molar refractivity (Wildman–Crippen MR) is 105 cm³/mol. The molecular weight excluding hydrogens is 350 g/mol. The lowest BCUT2D eigenvalue weighted by Crippen LogP contribution is -2.48. The van der Waals surface area contributed by atoms with Crippen LogP contribution in [0, 0.1) is 0 Å². The highest BCUT2D eigenvalue weighted by Crippen LogP contribution is 2.23. The van der Waals surface area contributed by atoms with Gasteiger partial charge in [0, 0.05) is 43.6 Å². The molecule has 0 saturated carbocycles. The number of fused-ring (bicyclic) bond motifs is 1. The van der Waals surface area contributed by atoms with Crippen LogP contribution in [-0.4, -0.2) is 67.2 Å². The van der Waals surface area contributed by atoms with E-state index in [9.17, 15) is 4.79 Å². The van der Waals surface area contributed by atoms with Crippen molar-refractivity contribution in [1.29, 1.82) is 0 Å². The lowest BCUT2D eigenvalue weighted by Gasteiger charge is -2.31. The van der Waals surface area contributed by atoms with Crippen molar-refractivity contribution in [3.05, 3.63) is 21.9 Å². The van der Waals surface area contributed by atoms with Crippen LogP contribution in [0.15, 0.2) is 16.4 Å². The molecule has 0 spiro atoms. The van der Waals surface area contributed by atoms with Gasteiger partial charge in [0.25, 0.3) is 0 Å². The van der Waals surface area contributed by atoms with Crippen molar-refractivity contribution in [2.75, 3.05) is 39.3 Å². The third kappa shape index (κ3) is 5.11. The number of nitrogens with two attached hydrogens (primary N) is 1. The predicted octanol–water partition coefficient (Wildman–Crippen LogP) is 1.63. The van der Waals surface area contributed by atoms with E-state index in [0.717, 1.165) is 38.9 Å². The van der Waals surface area contributed by atoms with Crippen LogP contribution < -0.4 is 11.1 Å². The van der Waals surface area contributed by atoms with E-state index in [-0.39, 0.29) is 12.1 Å². The van der Waals surface area contributed by atoms with Crippen molar-refractivity contribution >= 4 is 23.4 Å². The molecule has 0 radical (unpaired) electrons. The molecule has 2 aliphatic heterocycles. The number of nitrogens with zero attached hydrogens (tertiary/aromatic N) is 3. The van der Waals surface area contributed by atoms with Gasteiger partial charge in [-0.2, -0.15) is 0 Å². The maximum atomic E-state index is 11.7. The standard InChI is InChI=1S/C18H29N5O2S/c1-2-25-18(24)23-9-3-15(4-10-23)21-17(19)20-7-11-22-8-5-16-14(13-22)6-12-26-16/h6,12,15H,2-5,7-11,13H2,1H3,(H3,19,20,21). The fourth-order valence-corrected chi connectivity index (χ4v) is 4.38. The summed E-state index contributed by atoms with van der Waals surface area (Å²) in [7, 11) is 0. The number of amides is 1. The molecule has 1 saturated heterocycles. The van der Waals surface area contributed by atoms with E-state index in [2.05, 4.69) is 26.7 Å². The molecule has 0 unspecified atom stereocenters. The highest BCUT2D eigenvalue weighted by Gasteiger charge is 2.23. The van der Waals surface area contributed by atoms with Gasteiger partial charge in [0.1, 0.15) is 0 Å². The van der Waals surface area contributed by atoms with Gasteiger partial charge in [0.2, 0.25) is 0 Å². The first kappa shape index (κ1) is 19.0. The normalized spacial score (nSPS) is 19.3. The van der Waals surface area contributed by atoms with E-state index >= 15 is 0 Å². The Morgan fingerprint density at radius 2 is 2.23 bits per heavy atom. The van der Waals surface area contributed by atoms with Crippen molar-refractivity contribution in [3.63, 3.8) is 0 Å². The van der Waals surface area contributed by atoms with Crippen molar-refractivity contribution in [2.45, 2.75) is 38.8 Å². The Hall–Kier alpha value is -1.80. The van der Waals surface area contributed by atoms with E-state index < -0.39 is 0 Å². The maximum absolute atomic E-state index is 11.7. The SMILES string of the molecule is CCOC(=O)N1CCC(NC(N)=NCCN2CCc3sccc3C2)CC1. The molecule has 0 aromatic carbocycles. The lowest BCUT2D eigenvalue weighted by atomic mass is 10.1. The third-order valence-electron chi connectivity index (χ3n) is 4.96. The minimum Gasteiger partial charge on any atom is -0.450 e. The zero-order valence-electron chi connectivity index (χ0n) is 15.4. The van der Waals surface area contributed by atoms with Gasteiger partial charge in [0.15, 0.2) is 5.96 Å². The molecule has 1 amide bonds. The summed E-state index contributed by atoms with van der Waals surface area (Å²) in [5, 5.41) is 5.47. The second-order valence-electron chi connectivity index (χ2n) is 6.77. The summed E-state index contributed by atoms with van der Waals surface area (Å²) in [5.41, 5.74) is 7.50. The van der Waals surface area contributed by atoms with E-state index in [1.165, 1.54) is 10.4 Å². The molecule has 0 atom stereocenters. The molecular formula is C18H29N5O2S. The summed E-state index contributed by atoms with van der Waals surface area (Å²) >= 11 is 1.86. The second-order valence-corrected chi connectivity index (χ2v) is 7.77. The molecule has 2 aliphatic rings. The van der Waals surface area contributed by atoms with Crippen LogP contribution in [0.1, 0.15) is 30.2 Å². The van der Waals surface area contributed by atoms with Gasteiger partial charge in [-0.3, -0.25) is 9.89 Å². The summed E-state index contributed by atoms with van der Waals surface area (Å²) in [6.45, 7) is 7.39. The first-order valence-corrected chi connectivity index (χ1v) is 10.3. The Morgan fingerprint density at radius 1 is 1.42 bits per heavy atom. The van der Waals surface area contributed by atoms with Crippen LogP contribution in [-0.2, 0) is 17.7 Å². The number of hydrogen-bond acceptors (Lipinski definition) is 5. The average molecular weight is 380 g/mol. The minimum absolute atomic E-state index is 0.220. The van der Waals surface area contributed by atoms with E-state index in [0.29, 0.717) is 32.2 Å². The van der Waals surface area contributed by atoms with Crippen LogP contribution in [0.25, 0.3) is 0 Å². The number of piperidine rings is 1. The molecule has 1 fully saturated rings. The topological polar surface area (TPSA) is 83.2 Å². The number of thiophene rings is 1. The number of carbonyl (C=O) groups is 1. The molecule has 3 rings (SSSR count). The Morgan fingerprint density at radius 3 is 3.00 bits per heavy atom. The summed E-state index contributed by atoms with van der Waals surface area (Å²) in [6.07, 6.45) is 2.65. The van der Waals surface area contributed by atoms with Crippen LogP contribution in [0.2, 0.25) is 0 Å². The number of rotatable bonds is 5. The number of guanidine groups is 1. The van der Waals surface area contributed by atoms with Crippen LogP contribution in [0.4, 0.5) is 4.79 Å². The van der Waals surface area contributed by atoms with E-state index in [1.54, 1.807) is 4.90 Å². The summed E-state index contributed by atoms with van der Waals surface area (Å²) in [5.74, 6) is 0.507. The zero-order valence-corrected chi connectivity index (χ0v) is 16.3. The third-order valence-corrected chi connectivity index (χ3v) is 5.98. The van der Waals surface area contributed by atoms with Crippen LogP contribution in [0.5, 0.6) is 0 Å². The largest absolute Gasteiger partial charge is 0.450 e. The molecule has 7 nitrogen and oxygen atoms in total. The Kier molecular flexibility index (Phi) is 6.73. The molecule has 144 valence electrons. The Balaban J connectivity index is 1.35. The van der Waals surface area contributed by atoms with E-state index in [4.69, 9.17) is 10.5 Å². The van der Waals surface area contributed by atoms with Crippen LogP contribution >= 0.6 is 11.3 Å². The van der Waals surface area contributed by atoms with Gasteiger partial charge in [-0.05, 0) is 43.2 Å². The summed E-state index contributed by atoms with van der Waals surface area (Å²) in [4.78, 5) is 21.9. The van der Waals surface area contributed by atoms with Crippen molar-refractivity contribution < 1.29 is 9.53 Å². The number of aliphatic imine (C=N–C) groups is 1.